The van der Waals surface area contributed by atoms with Crippen molar-refractivity contribution in [3.05, 3.63) is 53.1 Å². The lowest BCUT2D eigenvalue weighted by Crippen LogP contribution is -2.43. The number of benzene rings is 2. The summed E-state index contributed by atoms with van der Waals surface area (Å²) in [5.41, 5.74) is 3.06. The van der Waals surface area contributed by atoms with Gasteiger partial charge in [-0.15, -0.1) is 0 Å². The molecule has 29 heavy (non-hydrogen) atoms. The first-order valence-electron chi connectivity index (χ1n) is 9.31. The zero-order valence-electron chi connectivity index (χ0n) is 17.1. The number of methoxy groups -OCH3 is 2. The number of amides is 1. The molecular formula is C21H26N2O5S. The second-order valence-corrected chi connectivity index (χ2v) is 9.16. The Bertz CT molecular complexity index is 1000. The van der Waals surface area contributed by atoms with Crippen LogP contribution in [-0.2, 0) is 27.8 Å². The van der Waals surface area contributed by atoms with E-state index in [0.29, 0.717) is 31.0 Å². The van der Waals surface area contributed by atoms with Crippen LogP contribution in [0.1, 0.15) is 16.7 Å². The first kappa shape index (κ1) is 21.1. The Balaban J connectivity index is 1.72. The van der Waals surface area contributed by atoms with E-state index in [0.717, 1.165) is 21.0 Å². The Morgan fingerprint density at radius 2 is 1.66 bits per heavy atom. The van der Waals surface area contributed by atoms with Crippen molar-refractivity contribution >= 4 is 15.9 Å². The van der Waals surface area contributed by atoms with Crippen molar-refractivity contribution in [2.75, 3.05) is 34.4 Å². The first-order chi connectivity index (χ1) is 13.8. The summed E-state index contributed by atoms with van der Waals surface area (Å²) in [6.45, 7) is 2.62. The van der Waals surface area contributed by atoms with Crippen LogP contribution < -0.4 is 9.47 Å². The molecule has 0 aliphatic carbocycles. The van der Waals surface area contributed by atoms with Crippen LogP contribution in [0.2, 0.25) is 0 Å². The van der Waals surface area contributed by atoms with Crippen molar-refractivity contribution in [1.82, 2.24) is 9.21 Å². The minimum atomic E-state index is -3.72. The summed E-state index contributed by atoms with van der Waals surface area (Å²) in [6, 6.07) is 10.4. The smallest absolute Gasteiger partial charge is 0.243 e. The molecule has 1 heterocycles. The minimum Gasteiger partial charge on any atom is -0.493 e. The predicted molar refractivity (Wildman–Crippen MR) is 110 cm³/mol. The van der Waals surface area contributed by atoms with Gasteiger partial charge in [0, 0.05) is 20.1 Å². The minimum absolute atomic E-state index is 0.180. The highest BCUT2D eigenvalue weighted by Gasteiger charge is 2.27. The van der Waals surface area contributed by atoms with Gasteiger partial charge in [0.15, 0.2) is 11.5 Å². The van der Waals surface area contributed by atoms with E-state index in [2.05, 4.69) is 0 Å². The van der Waals surface area contributed by atoms with Crippen molar-refractivity contribution in [2.24, 2.45) is 0 Å². The lowest BCUT2D eigenvalue weighted by Gasteiger charge is -2.31. The standard InChI is InChI=1S/C21H26N2O5S/c1-15-5-7-18(8-6-15)29(25,26)22(2)14-21(24)23-10-9-16-11-19(27-3)20(28-4)12-17(16)13-23/h5-8,11-12H,9-10,13-14H2,1-4H3. The Morgan fingerprint density at radius 3 is 2.24 bits per heavy atom. The summed E-state index contributed by atoms with van der Waals surface area (Å²) < 4.78 is 37.3. The molecule has 0 spiro atoms. The zero-order valence-corrected chi connectivity index (χ0v) is 18.0. The van der Waals surface area contributed by atoms with E-state index in [1.165, 1.54) is 7.05 Å². The number of hydrogen-bond donors (Lipinski definition) is 0. The third-order valence-electron chi connectivity index (χ3n) is 5.16. The van der Waals surface area contributed by atoms with E-state index >= 15 is 0 Å². The number of fused-ring (bicyclic) bond motifs is 1. The summed E-state index contributed by atoms with van der Waals surface area (Å²) in [7, 11) is 0.870. The Labute approximate surface area is 171 Å². The number of sulfonamides is 1. The van der Waals surface area contributed by atoms with Gasteiger partial charge in [-0.25, -0.2) is 8.42 Å². The van der Waals surface area contributed by atoms with Crippen LogP contribution in [0.5, 0.6) is 11.5 Å². The Kier molecular flexibility index (Phi) is 6.14. The number of nitrogens with zero attached hydrogens (tertiary/aromatic N) is 2. The summed E-state index contributed by atoms with van der Waals surface area (Å²) in [4.78, 5) is 14.6. The largest absolute Gasteiger partial charge is 0.493 e. The van der Waals surface area contributed by atoms with Gasteiger partial charge in [-0.1, -0.05) is 17.7 Å². The molecule has 1 aliphatic heterocycles. The number of likely N-dealkylation sites (N-methyl/N-ethyl adjacent to an activating group) is 1. The van der Waals surface area contributed by atoms with Gasteiger partial charge in [-0.05, 0) is 48.7 Å². The first-order valence-corrected chi connectivity index (χ1v) is 10.7. The molecule has 0 fully saturated rings. The van der Waals surface area contributed by atoms with Crippen molar-refractivity contribution in [3.8, 4) is 11.5 Å². The summed E-state index contributed by atoms with van der Waals surface area (Å²) in [5, 5.41) is 0. The van der Waals surface area contributed by atoms with Gasteiger partial charge in [0.05, 0.1) is 25.7 Å². The molecule has 7 nitrogen and oxygen atoms in total. The van der Waals surface area contributed by atoms with Crippen LogP contribution in [0.25, 0.3) is 0 Å². The fourth-order valence-electron chi connectivity index (χ4n) is 3.36. The summed E-state index contributed by atoms with van der Waals surface area (Å²) in [6.07, 6.45) is 0.676. The van der Waals surface area contributed by atoms with Crippen LogP contribution in [0.3, 0.4) is 0 Å². The van der Waals surface area contributed by atoms with E-state index in [1.807, 2.05) is 19.1 Å². The van der Waals surface area contributed by atoms with E-state index in [4.69, 9.17) is 9.47 Å². The number of carbonyl (C=O) groups excluding carboxylic acids is 1. The Morgan fingerprint density at radius 1 is 1.07 bits per heavy atom. The van der Waals surface area contributed by atoms with Crippen LogP contribution in [0, 0.1) is 6.92 Å². The topological polar surface area (TPSA) is 76.2 Å². The van der Waals surface area contributed by atoms with Gasteiger partial charge < -0.3 is 14.4 Å². The molecule has 0 N–H and O–H groups in total. The van der Waals surface area contributed by atoms with Gasteiger partial charge in [0.25, 0.3) is 0 Å². The van der Waals surface area contributed by atoms with Gasteiger partial charge in [-0.3, -0.25) is 4.79 Å². The molecule has 2 aromatic carbocycles. The molecule has 0 saturated carbocycles. The zero-order chi connectivity index (χ0) is 21.2. The molecule has 0 saturated heterocycles. The fourth-order valence-corrected chi connectivity index (χ4v) is 4.48. The van der Waals surface area contributed by atoms with Gasteiger partial charge in [-0.2, -0.15) is 4.31 Å². The molecule has 1 aliphatic rings. The molecule has 3 rings (SSSR count). The number of hydrogen-bond acceptors (Lipinski definition) is 5. The summed E-state index contributed by atoms with van der Waals surface area (Å²) in [5.74, 6) is 1.04. The molecule has 156 valence electrons. The average Bonchev–Trinajstić information content (AvgIpc) is 2.72. The van der Waals surface area contributed by atoms with Gasteiger partial charge in [0.2, 0.25) is 15.9 Å². The van der Waals surface area contributed by atoms with Crippen molar-refractivity contribution in [2.45, 2.75) is 24.8 Å². The molecule has 0 bridgehead atoms. The third kappa shape index (κ3) is 4.38. The molecular weight excluding hydrogens is 392 g/mol. The molecule has 1 amide bonds. The summed E-state index contributed by atoms with van der Waals surface area (Å²) >= 11 is 0. The van der Waals surface area contributed by atoms with Gasteiger partial charge in [0.1, 0.15) is 0 Å². The highest BCUT2D eigenvalue weighted by molar-refractivity contribution is 7.89. The molecule has 0 aromatic heterocycles. The maximum absolute atomic E-state index is 12.8. The second kappa shape index (κ2) is 8.42. The highest BCUT2D eigenvalue weighted by atomic mass is 32.2. The Hall–Kier alpha value is -2.58. The monoisotopic (exact) mass is 418 g/mol. The van der Waals surface area contributed by atoms with Crippen molar-refractivity contribution < 1.29 is 22.7 Å². The van der Waals surface area contributed by atoms with E-state index < -0.39 is 10.0 Å². The lowest BCUT2D eigenvalue weighted by atomic mass is 9.98. The molecule has 0 radical (unpaired) electrons. The van der Waals surface area contributed by atoms with E-state index in [1.54, 1.807) is 43.4 Å². The number of ether oxygens (including phenoxy) is 2. The van der Waals surface area contributed by atoms with E-state index in [-0.39, 0.29) is 17.3 Å². The van der Waals surface area contributed by atoms with E-state index in [9.17, 15) is 13.2 Å². The van der Waals surface area contributed by atoms with Crippen LogP contribution >= 0.6 is 0 Å². The predicted octanol–water partition coefficient (Wildman–Crippen LogP) is 2.22. The van der Waals surface area contributed by atoms with Crippen LogP contribution in [0.4, 0.5) is 0 Å². The number of carbonyl (C=O) groups is 1. The highest BCUT2D eigenvalue weighted by Crippen LogP contribution is 2.33. The maximum atomic E-state index is 12.8. The molecule has 0 unspecified atom stereocenters. The second-order valence-electron chi connectivity index (χ2n) is 7.12. The normalized spacial score (nSPS) is 13.9. The molecule has 0 atom stereocenters. The van der Waals surface area contributed by atoms with Crippen LogP contribution in [0.15, 0.2) is 41.3 Å². The number of rotatable bonds is 6. The number of aryl methyl sites for hydroxylation is 1. The van der Waals surface area contributed by atoms with Crippen molar-refractivity contribution in [3.63, 3.8) is 0 Å². The lowest BCUT2D eigenvalue weighted by molar-refractivity contribution is -0.132. The molecule has 8 heteroatoms. The third-order valence-corrected chi connectivity index (χ3v) is 6.98. The van der Waals surface area contributed by atoms with Gasteiger partial charge >= 0.3 is 0 Å². The maximum Gasteiger partial charge on any atom is 0.243 e. The molecule has 2 aromatic rings. The average molecular weight is 419 g/mol. The van der Waals surface area contributed by atoms with Crippen LogP contribution in [-0.4, -0.2) is 57.9 Å². The quantitative estimate of drug-likeness (QED) is 0.719. The van der Waals surface area contributed by atoms with Crippen molar-refractivity contribution in [1.29, 1.82) is 0 Å². The SMILES string of the molecule is COc1cc2c(cc1OC)CN(C(=O)CN(C)S(=O)(=O)c1ccc(C)cc1)CC2. The fraction of sp³-hybridized carbons (Fsp3) is 0.381.